The SMILES string of the molecule is Cc1ccc(S(=O)(=O)N[C@H](COC(=O)[C@@H](C)[C@@H](O)C#Cc2ccccc2)C(C)C)cc1. The molecule has 0 saturated heterocycles. The molecule has 0 unspecified atom stereocenters. The van der Waals surface area contributed by atoms with Gasteiger partial charge in [-0.25, -0.2) is 13.1 Å². The number of sulfonamides is 1. The molecule has 2 rings (SSSR count). The summed E-state index contributed by atoms with van der Waals surface area (Å²) in [5.74, 6) is 3.82. The van der Waals surface area contributed by atoms with Gasteiger partial charge in [0.1, 0.15) is 12.7 Å². The summed E-state index contributed by atoms with van der Waals surface area (Å²) >= 11 is 0. The Kier molecular flexibility index (Phi) is 8.81. The van der Waals surface area contributed by atoms with Crippen LogP contribution in [-0.4, -0.2) is 38.2 Å². The molecule has 7 heteroatoms. The highest BCUT2D eigenvalue weighted by atomic mass is 32.2. The number of ether oxygens (including phenoxy) is 1. The second-order valence-corrected chi connectivity index (χ2v) is 9.50. The Morgan fingerprint density at radius 2 is 1.68 bits per heavy atom. The topological polar surface area (TPSA) is 92.7 Å². The standard InChI is InChI=1S/C24H29NO5S/c1-17(2)22(25-31(28,29)21-13-10-18(3)11-14-21)16-30-24(27)19(4)23(26)15-12-20-8-6-5-7-9-20/h5-11,13-14,17,19,22-23,25-26H,16H2,1-4H3/t19-,22+,23-/m0/s1. The molecule has 0 bridgehead atoms. The molecule has 0 aliphatic rings. The normalized spacial score (nSPS) is 14.3. The van der Waals surface area contributed by atoms with Crippen molar-refractivity contribution in [2.75, 3.05) is 6.61 Å². The van der Waals surface area contributed by atoms with Gasteiger partial charge in [0, 0.05) is 5.56 Å². The summed E-state index contributed by atoms with van der Waals surface area (Å²) in [6, 6.07) is 15.0. The van der Waals surface area contributed by atoms with Crippen molar-refractivity contribution in [3.8, 4) is 11.8 Å². The number of aryl methyl sites for hydroxylation is 1. The highest BCUT2D eigenvalue weighted by molar-refractivity contribution is 7.89. The molecular weight excluding hydrogens is 414 g/mol. The number of carbonyl (C=O) groups is 1. The third-order valence-corrected chi connectivity index (χ3v) is 6.34. The van der Waals surface area contributed by atoms with Gasteiger partial charge in [-0.2, -0.15) is 0 Å². The molecule has 0 saturated carbocycles. The molecular formula is C24H29NO5S. The molecule has 0 heterocycles. The fourth-order valence-corrected chi connectivity index (χ4v) is 3.95. The first-order chi connectivity index (χ1) is 14.6. The molecule has 0 aliphatic carbocycles. The van der Waals surface area contributed by atoms with Crippen molar-refractivity contribution < 1.29 is 23.1 Å². The van der Waals surface area contributed by atoms with Gasteiger partial charge in [-0.15, -0.1) is 0 Å². The fourth-order valence-electron chi connectivity index (χ4n) is 2.58. The lowest BCUT2D eigenvalue weighted by molar-refractivity contribution is -0.151. The van der Waals surface area contributed by atoms with Crippen LogP contribution in [0.25, 0.3) is 0 Å². The Balaban J connectivity index is 1.98. The maximum atomic E-state index is 12.7. The van der Waals surface area contributed by atoms with Gasteiger partial charge in [0.15, 0.2) is 0 Å². The molecule has 6 nitrogen and oxygen atoms in total. The molecule has 3 atom stereocenters. The monoisotopic (exact) mass is 443 g/mol. The zero-order chi connectivity index (χ0) is 23.0. The fraction of sp³-hybridized carbons (Fsp3) is 0.375. The first-order valence-corrected chi connectivity index (χ1v) is 11.6. The summed E-state index contributed by atoms with van der Waals surface area (Å²) in [7, 11) is -3.76. The lowest BCUT2D eigenvalue weighted by Gasteiger charge is -2.23. The number of esters is 1. The predicted molar refractivity (Wildman–Crippen MR) is 120 cm³/mol. The van der Waals surface area contributed by atoms with Crippen molar-refractivity contribution in [1.82, 2.24) is 4.72 Å². The number of rotatable bonds is 8. The van der Waals surface area contributed by atoms with E-state index in [1.165, 1.54) is 19.1 Å². The molecule has 31 heavy (non-hydrogen) atoms. The summed E-state index contributed by atoms with van der Waals surface area (Å²) in [5.41, 5.74) is 1.68. The Hall–Kier alpha value is -2.66. The molecule has 0 radical (unpaired) electrons. The Bertz CT molecular complexity index is 1020. The minimum absolute atomic E-state index is 0.119. The van der Waals surface area contributed by atoms with Crippen LogP contribution in [0.15, 0.2) is 59.5 Å². The van der Waals surface area contributed by atoms with E-state index in [1.807, 2.05) is 39.0 Å². The number of benzene rings is 2. The number of aliphatic hydroxyl groups is 1. The number of hydrogen-bond acceptors (Lipinski definition) is 5. The van der Waals surface area contributed by atoms with Crippen molar-refractivity contribution in [3.05, 3.63) is 65.7 Å². The van der Waals surface area contributed by atoms with Gasteiger partial charge in [0.2, 0.25) is 10.0 Å². The predicted octanol–water partition coefficient (Wildman–Crippen LogP) is 2.89. The highest BCUT2D eigenvalue weighted by Gasteiger charge is 2.27. The molecule has 0 aromatic heterocycles. The summed E-state index contributed by atoms with van der Waals surface area (Å²) in [5, 5.41) is 10.2. The van der Waals surface area contributed by atoms with E-state index >= 15 is 0 Å². The lowest BCUT2D eigenvalue weighted by Crippen LogP contribution is -2.43. The van der Waals surface area contributed by atoms with Gasteiger partial charge in [-0.05, 0) is 44.0 Å². The largest absolute Gasteiger partial charge is 0.464 e. The second-order valence-electron chi connectivity index (χ2n) is 7.78. The third-order valence-electron chi connectivity index (χ3n) is 4.83. The zero-order valence-corrected chi connectivity index (χ0v) is 19.0. The number of aliphatic hydroxyl groups excluding tert-OH is 1. The number of carbonyl (C=O) groups excluding carboxylic acids is 1. The van der Waals surface area contributed by atoms with Crippen LogP contribution in [0.1, 0.15) is 31.9 Å². The van der Waals surface area contributed by atoms with Crippen molar-refractivity contribution in [3.63, 3.8) is 0 Å². The van der Waals surface area contributed by atoms with E-state index in [4.69, 9.17) is 4.74 Å². The van der Waals surface area contributed by atoms with E-state index in [1.54, 1.807) is 24.3 Å². The molecule has 0 spiro atoms. The zero-order valence-electron chi connectivity index (χ0n) is 18.2. The van der Waals surface area contributed by atoms with Crippen LogP contribution in [0.3, 0.4) is 0 Å². The first kappa shape index (κ1) is 24.6. The van der Waals surface area contributed by atoms with Gasteiger partial charge in [-0.1, -0.05) is 61.6 Å². The summed E-state index contributed by atoms with van der Waals surface area (Å²) in [6.45, 7) is 6.91. The third kappa shape index (κ3) is 7.51. The van der Waals surface area contributed by atoms with Gasteiger partial charge in [0.05, 0.1) is 16.9 Å². The van der Waals surface area contributed by atoms with Crippen LogP contribution >= 0.6 is 0 Å². The van der Waals surface area contributed by atoms with E-state index in [0.717, 1.165) is 11.1 Å². The average Bonchev–Trinajstić information content (AvgIpc) is 2.75. The molecule has 0 amide bonds. The molecule has 0 fully saturated rings. The minimum Gasteiger partial charge on any atom is -0.464 e. The Morgan fingerprint density at radius 1 is 1.06 bits per heavy atom. The second kappa shape index (κ2) is 11.1. The van der Waals surface area contributed by atoms with Crippen LogP contribution in [0.4, 0.5) is 0 Å². The molecule has 0 aliphatic heterocycles. The van der Waals surface area contributed by atoms with Gasteiger partial charge < -0.3 is 9.84 Å². The van der Waals surface area contributed by atoms with Crippen LogP contribution < -0.4 is 4.72 Å². The van der Waals surface area contributed by atoms with E-state index < -0.39 is 34.1 Å². The molecule has 2 aromatic carbocycles. The maximum absolute atomic E-state index is 12.7. The van der Waals surface area contributed by atoms with Crippen LogP contribution in [0, 0.1) is 30.6 Å². The quantitative estimate of drug-likeness (QED) is 0.483. The molecule has 2 N–H and O–H groups in total. The highest BCUT2D eigenvalue weighted by Crippen LogP contribution is 2.14. The van der Waals surface area contributed by atoms with Crippen LogP contribution in [0.5, 0.6) is 0 Å². The Labute approximate surface area is 184 Å². The average molecular weight is 444 g/mol. The summed E-state index contributed by atoms with van der Waals surface area (Å²) in [4.78, 5) is 12.5. The molecule has 2 aromatic rings. The van der Waals surface area contributed by atoms with Crippen LogP contribution in [-0.2, 0) is 19.6 Å². The van der Waals surface area contributed by atoms with Crippen molar-refractivity contribution in [2.24, 2.45) is 11.8 Å². The minimum atomic E-state index is -3.76. The van der Waals surface area contributed by atoms with E-state index in [0.29, 0.717) is 0 Å². The van der Waals surface area contributed by atoms with Gasteiger partial charge in [0.25, 0.3) is 0 Å². The number of nitrogens with one attached hydrogen (secondary N) is 1. The van der Waals surface area contributed by atoms with E-state index in [2.05, 4.69) is 16.6 Å². The maximum Gasteiger partial charge on any atom is 0.312 e. The lowest BCUT2D eigenvalue weighted by atomic mass is 10.0. The number of hydrogen-bond donors (Lipinski definition) is 2. The summed E-state index contributed by atoms with van der Waals surface area (Å²) < 4.78 is 33.2. The van der Waals surface area contributed by atoms with Crippen molar-refractivity contribution >= 4 is 16.0 Å². The summed E-state index contributed by atoms with van der Waals surface area (Å²) in [6.07, 6.45) is -1.20. The van der Waals surface area contributed by atoms with Crippen molar-refractivity contribution in [1.29, 1.82) is 0 Å². The Morgan fingerprint density at radius 3 is 2.26 bits per heavy atom. The smallest absolute Gasteiger partial charge is 0.312 e. The van der Waals surface area contributed by atoms with Crippen molar-refractivity contribution in [2.45, 2.75) is 44.7 Å². The van der Waals surface area contributed by atoms with E-state index in [9.17, 15) is 18.3 Å². The van der Waals surface area contributed by atoms with Gasteiger partial charge in [-0.3, -0.25) is 4.79 Å². The van der Waals surface area contributed by atoms with Gasteiger partial charge >= 0.3 is 5.97 Å². The molecule has 166 valence electrons. The van der Waals surface area contributed by atoms with Crippen LogP contribution in [0.2, 0.25) is 0 Å². The first-order valence-electron chi connectivity index (χ1n) is 10.1. The van der Waals surface area contributed by atoms with E-state index in [-0.39, 0.29) is 17.4 Å².